The van der Waals surface area contributed by atoms with Crippen LogP contribution < -0.4 is 10.2 Å². The highest BCUT2D eigenvalue weighted by molar-refractivity contribution is 5.95. The van der Waals surface area contributed by atoms with Gasteiger partial charge in [-0.25, -0.2) is 4.79 Å². The van der Waals surface area contributed by atoms with Gasteiger partial charge in [-0.2, -0.15) is 0 Å². The fraction of sp³-hybridized carbons (Fsp3) is 0.333. The molecule has 0 bridgehead atoms. The summed E-state index contributed by atoms with van der Waals surface area (Å²) in [5, 5.41) is 9.64. The highest BCUT2D eigenvalue weighted by atomic mass is 16.5. The van der Waals surface area contributed by atoms with Gasteiger partial charge in [0.05, 0.1) is 17.4 Å². The molecule has 0 radical (unpaired) electrons. The minimum absolute atomic E-state index is 0.00227. The molecule has 1 aromatic carbocycles. The van der Waals surface area contributed by atoms with E-state index in [9.17, 15) is 14.7 Å². The molecule has 1 unspecified atom stereocenters. The first kappa shape index (κ1) is 12.7. The highest BCUT2D eigenvalue weighted by Crippen LogP contribution is 2.31. The van der Waals surface area contributed by atoms with E-state index in [0.29, 0.717) is 23.2 Å². The van der Waals surface area contributed by atoms with E-state index in [1.165, 1.54) is 6.20 Å². The minimum Gasteiger partial charge on any atom is -0.486 e. The number of carboxylic acids is 1. The maximum atomic E-state index is 12.3. The Morgan fingerprint density at radius 2 is 2.25 bits per heavy atom. The first-order chi connectivity index (χ1) is 9.52. The molecule has 3 rings (SSSR count). The van der Waals surface area contributed by atoms with Crippen molar-refractivity contribution in [1.29, 1.82) is 0 Å². The van der Waals surface area contributed by atoms with Crippen LogP contribution in [0.5, 0.6) is 5.75 Å². The lowest BCUT2D eigenvalue weighted by molar-refractivity contribution is 0.0694. The van der Waals surface area contributed by atoms with Gasteiger partial charge in [0.25, 0.3) is 0 Å². The van der Waals surface area contributed by atoms with E-state index in [4.69, 9.17) is 4.74 Å². The van der Waals surface area contributed by atoms with Crippen molar-refractivity contribution in [1.82, 2.24) is 4.57 Å². The topological polar surface area (TPSA) is 68.5 Å². The summed E-state index contributed by atoms with van der Waals surface area (Å²) < 4.78 is 7.69. The fourth-order valence-electron chi connectivity index (χ4n) is 2.70. The van der Waals surface area contributed by atoms with E-state index in [2.05, 4.69) is 0 Å². The molecule has 1 aliphatic heterocycles. The molecule has 2 heterocycles. The van der Waals surface area contributed by atoms with E-state index in [-0.39, 0.29) is 11.7 Å². The largest absolute Gasteiger partial charge is 0.486 e. The average Bonchev–Trinajstić information content (AvgIpc) is 2.43. The lowest BCUT2D eigenvalue weighted by atomic mass is 10.0. The van der Waals surface area contributed by atoms with Gasteiger partial charge in [-0.05, 0) is 25.0 Å². The van der Waals surface area contributed by atoms with Crippen molar-refractivity contribution >= 4 is 16.9 Å². The second kappa shape index (κ2) is 4.37. The molecular formula is C15H15NO4. The number of carboxylic acid groups (broad SMARTS) is 1. The van der Waals surface area contributed by atoms with Gasteiger partial charge in [0.15, 0.2) is 0 Å². The van der Waals surface area contributed by atoms with Crippen LogP contribution in [0.2, 0.25) is 0 Å². The maximum Gasteiger partial charge on any atom is 0.341 e. The summed E-state index contributed by atoms with van der Waals surface area (Å²) in [5.41, 5.74) is 0.838. The summed E-state index contributed by atoms with van der Waals surface area (Å²) in [6.45, 7) is 4.38. The number of nitrogens with zero attached hydrogens (tertiary/aromatic N) is 1. The first-order valence-corrected chi connectivity index (χ1v) is 6.59. The number of carbonyl (C=O) groups is 1. The van der Waals surface area contributed by atoms with Crippen LogP contribution in [0.3, 0.4) is 0 Å². The zero-order chi connectivity index (χ0) is 14.4. The van der Waals surface area contributed by atoms with Crippen LogP contribution in [-0.2, 0) is 6.54 Å². The van der Waals surface area contributed by atoms with E-state index < -0.39 is 11.4 Å². The molecule has 1 aliphatic rings. The van der Waals surface area contributed by atoms with Crippen LogP contribution in [0.25, 0.3) is 10.9 Å². The Labute approximate surface area is 115 Å². The van der Waals surface area contributed by atoms with E-state index in [1.807, 2.05) is 24.5 Å². The van der Waals surface area contributed by atoms with Gasteiger partial charge in [-0.1, -0.05) is 13.0 Å². The predicted octanol–water partition coefficient (Wildman–Crippen LogP) is 2.18. The second-order valence-electron chi connectivity index (χ2n) is 5.08. The van der Waals surface area contributed by atoms with Crippen molar-refractivity contribution in [3.8, 4) is 5.75 Å². The van der Waals surface area contributed by atoms with Gasteiger partial charge in [-0.15, -0.1) is 0 Å². The number of hydrogen-bond donors (Lipinski definition) is 1. The molecule has 0 fully saturated rings. The van der Waals surface area contributed by atoms with Crippen LogP contribution in [0.4, 0.5) is 0 Å². The molecule has 0 amide bonds. The smallest absolute Gasteiger partial charge is 0.341 e. The van der Waals surface area contributed by atoms with Crippen LogP contribution in [0.1, 0.15) is 29.3 Å². The van der Waals surface area contributed by atoms with Gasteiger partial charge >= 0.3 is 5.97 Å². The predicted molar refractivity (Wildman–Crippen MR) is 74.6 cm³/mol. The Bertz CT molecular complexity index is 776. The van der Waals surface area contributed by atoms with Crippen LogP contribution >= 0.6 is 0 Å². The quantitative estimate of drug-likeness (QED) is 0.910. The molecule has 0 saturated heterocycles. The maximum absolute atomic E-state index is 12.3. The summed E-state index contributed by atoms with van der Waals surface area (Å²) in [5.74, 6) is -0.539. The van der Waals surface area contributed by atoms with Crippen LogP contribution in [0, 0.1) is 6.92 Å². The third-order valence-electron chi connectivity index (χ3n) is 3.77. The second-order valence-corrected chi connectivity index (χ2v) is 5.08. The molecular weight excluding hydrogens is 258 g/mol. The Hall–Kier alpha value is -2.30. The van der Waals surface area contributed by atoms with E-state index in [1.54, 1.807) is 6.07 Å². The monoisotopic (exact) mass is 273 g/mol. The molecule has 5 heteroatoms. The summed E-state index contributed by atoms with van der Waals surface area (Å²) in [6.07, 6.45) is 2.25. The molecule has 0 saturated carbocycles. The number of ether oxygens (including phenoxy) is 1. The molecule has 0 aliphatic carbocycles. The standard InChI is InChI=1S/C15H15NO4/c1-3-9-6-16-7-10(15(18)19)14(17)12-8(2)4-5-11(20-9)13(12)16/h4-5,7,9H,3,6H2,1-2H3,(H,18,19). The first-order valence-electron chi connectivity index (χ1n) is 6.59. The molecule has 0 spiro atoms. The SMILES string of the molecule is CCC1Cn2cc(C(=O)O)c(=O)c3c(C)ccc(c32)O1. The summed E-state index contributed by atoms with van der Waals surface area (Å²) >= 11 is 0. The van der Waals surface area contributed by atoms with Crippen molar-refractivity contribution in [2.75, 3.05) is 0 Å². The Morgan fingerprint density at radius 3 is 2.90 bits per heavy atom. The summed E-state index contributed by atoms with van der Waals surface area (Å²) in [4.78, 5) is 23.6. The third-order valence-corrected chi connectivity index (χ3v) is 3.77. The molecule has 2 aromatic rings. The molecule has 5 nitrogen and oxygen atoms in total. The summed E-state index contributed by atoms with van der Waals surface area (Å²) in [6, 6.07) is 3.64. The Balaban J connectivity index is 2.43. The Kier molecular flexibility index (Phi) is 2.78. The van der Waals surface area contributed by atoms with Crippen LogP contribution in [0.15, 0.2) is 23.1 Å². The van der Waals surface area contributed by atoms with Gasteiger partial charge in [-0.3, -0.25) is 4.79 Å². The lowest BCUT2D eigenvalue weighted by Gasteiger charge is -2.28. The number of aromatic carboxylic acids is 1. The molecule has 1 N–H and O–H groups in total. The number of aromatic nitrogens is 1. The zero-order valence-corrected chi connectivity index (χ0v) is 11.3. The normalized spacial score (nSPS) is 17.0. The van der Waals surface area contributed by atoms with Crippen molar-refractivity contribution < 1.29 is 14.6 Å². The minimum atomic E-state index is -1.19. The number of rotatable bonds is 2. The van der Waals surface area contributed by atoms with Gasteiger partial charge in [0.1, 0.15) is 17.4 Å². The average molecular weight is 273 g/mol. The van der Waals surface area contributed by atoms with Crippen molar-refractivity contribution in [2.45, 2.75) is 32.9 Å². The van der Waals surface area contributed by atoms with Gasteiger partial charge < -0.3 is 14.4 Å². The molecule has 1 aromatic heterocycles. The van der Waals surface area contributed by atoms with E-state index in [0.717, 1.165) is 12.0 Å². The zero-order valence-electron chi connectivity index (χ0n) is 11.3. The summed E-state index contributed by atoms with van der Waals surface area (Å²) in [7, 11) is 0. The van der Waals surface area contributed by atoms with Crippen molar-refractivity contribution in [3.63, 3.8) is 0 Å². The van der Waals surface area contributed by atoms with Gasteiger partial charge in [0.2, 0.25) is 5.43 Å². The fourth-order valence-corrected chi connectivity index (χ4v) is 2.70. The van der Waals surface area contributed by atoms with Gasteiger partial charge in [0, 0.05) is 6.20 Å². The number of aryl methyl sites for hydroxylation is 1. The molecule has 104 valence electrons. The Morgan fingerprint density at radius 1 is 1.50 bits per heavy atom. The number of hydrogen-bond acceptors (Lipinski definition) is 3. The third kappa shape index (κ3) is 1.70. The molecule has 20 heavy (non-hydrogen) atoms. The van der Waals surface area contributed by atoms with Crippen LogP contribution in [-0.4, -0.2) is 21.7 Å². The van der Waals surface area contributed by atoms with E-state index >= 15 is 0 Å². The number of benzene rings is 1. The highest BCUT2D eigenvalue weighted by Gasteiger charge is 2.24. The number of pyridine rings is 1. The lowest BCUT2D eigenvalue weighted by Crippen LogP contribution is -2.30. The van der Waals surface area contributed by atoms with Crippen molar-refractivity contribution in [3.05, 3.63) is 39.7 Å². The molecule has 1 atom stereocenters. The van der Waals surface area contributed by atoms with Crippen molar-refractivity contribution in [2.24, 2.45) is 0 Å².